The van der Waals surface area contributed by atoms with Crippen LogP contribution in [0.5, 0.6) is 0 Å². The molecule has 2 aromatic heterocycles. The average molecular weight is 569 g/mol. The highest BCUT2D eigenvalue weighted by Gasteiger charge is 2.37. The second-order valence-corrected chi connectivity index (χ2v) is 10.6. The number of amides is 1. The van der Waals surface area contributed by atoms with E-state index < -0.39 is 34.6 Å². The van der Waals surface area contributed by atoms with Gasteiger partial charge in [0.05, 0.1) is 18.0 Å². The van der Waals surface area contributed by atoms with E-state index in [0.29, 0.717) is 23.4 Å². The molecular formula is C24H28N10O5S. The predicted octanol–water partition coefficient (Wildman–Crippen LogP) is 0.106. The second-order valence-electron chi connectivity index (χ2n) is 9.10. The maximum Gasteiger partial charge on any atom is 0.301 e. The molecule has 0 spiro atoms. The lowest BCUT2D eigenvalue weighted by Crippen LogP contribution is -2.43. The molecule has 16 heteroatoms. The normalized spacial score (nSPS) is 19.1. The zero-order valence-corrected chi connectivity index (χ0v) is 21.9. The van der Waals surface area contributed by atoms with E-state index in [2.05, 4.69) is 25.0 Å². The average Bonchev–Trinajstić information content (AvgIpc) is 3.51. The van der Waals surface area contributed by atoms with Gasteiger partial charge in [0.1, 0.15) is 11.6 Å². The Morgan fingerprint density at radius 2 is 1.88 bits per heavy atom. The van der Waals surface area contributed by atoms with Crippen molar-refractivity contribution >= 4 is 50.4 Å². The first kappa shape index (κ1) is 27.2. The van der Waals surface area contributed by atoms with Gasteiger partial charge in [0.15, 0.2) is 17.7 Å². The molecule has 1 aliphatic rings. The first-order valence-corrected chi connectivity index (χ1v) is 13.7. The Kier molecular flexibility index (Phi) is 7.51. The Morgan fingerprint density at radius 3 is 2.60 bits per heavy atom. The topological polar surface area (TPSA) is 238 Å². The summed E-state index contributed by atoms with van der Waals surface area (Å²) in [5.41, 5.74) is 20.0. The fraction of sp³-hybridized carbons (Fsp3) is 0.250. The monoisotopic (exact) mass is 568 g/mol. The van der Waals surface area contributed by atoms with Crippen LogP contribution in [0.3, 0.4) is 0 Å². The minimum Gasteiger partial charge on any atom is -0.398 e. The molecule has 0 aliphatic carbocycles. The Balaban J connectivity index is 1.27. The van der Waals surface area contributed by atoms with Gasteiger partial charge in [-0.25, -0.2) is 9.71 Å². The van der Waals surface area contributed by atoms with Gasteiger partial charge >= 0.3 is 10.2 Å². The number of aromatic nitrogens is 4. The van der Waals surface area contributed by atoms with Crippen LogP contribution in [-0.4, -0.2) is 57.7 Å². The van der Waals surface area contributed by atoms with Gasteiger partial charge in [-0.15, -0.1) is 0 Å². The van der Waals surface area contributed by atoms with Crippen molar-refractivity contribution < 1.29 is 23.1 Å². The molecule has 2 aromatic carbocycles. The maximum absolute atomic E-state index is 12.4. The van der Waals surface area contributed by atoms with E-state index in [9.17, 15) is 18.3 Å². The van der Waals surface area contributed by atoms with Crippen LogP contribution >= 0.6 is 0 Å². The molecule has 1 fully saturated rings. The van der Waals surface area contributed by atoms with E-state index in [-0.39, 0.29) is 36.0 Å². The fourth-order valence-electron chi connectivity index (χ4n) is 4.26. The summed E-state index contributed by atoms with van der Waals surface area (Å²) in [7, 11) is -4.24. The van der Waals surface area contributed by atoms with Crippen LogP contribution in [0, 0.1) is 0 Å². The molecule has 0 radical (unpaired) electrons. The molecule has 1 aliphatic heterocycles. The number of carbonyl (C=O) groups is 1. The Hall–Kier alpha value is -4.35. The van der Waals surface area contributed by atoms with Crippen molar-refractivity contribution in [1.82, 2.24) is 29.0 Å². The number of para-hydroxylation sites is 1. The third-order valence-corrected chi connectivity index (χ3v) is 7.27. The Bertz CT molecular complexity index is 1640. The van der Waals surface area contributed by atoms with Crippen LogP contribution in [0.1, 0.15) is 28.6 Å². The van der Waals surface area contributed by atoms with E-state index in [1.54, 1.807) is 12.1 Å². The van der Waals surface area contributed by atoms with Gasteiger partial charge in [-0.1, -0.05) is 24.3 Å². The highest BCUT2D eigenvalue weighted by atomic mass is 32.2. The van der Waals surface area contributed by atoms with Gasteiger partial charge in [-0.05, 0) is 29.8 Å². The van der Waals surface area contributed by atoms with E-state index >= 15 is 0 Å². The molecule has 210 valence electrons. The van der Waals surface area contributed by atoms with Crippen LogP contribution in [-0.2, 0) is 21.5 Å². The van der Waals surface area contributed by atoms with Gasteiger partial charge < -0.3 is 32.4 Å². The maximum atomic E-state index is 12.4. The molecule has 40 heavy (non-hydrogen) atoms. The molecular weight excluding hydrogens is 540 g/mol. The number of nitrogens with two attached hydrogens (primary N) is 3. The quantitative estimate of drug-likeness (QED) is 0.133. The van der Waals surface area contributed by atoms with Crippen LogP contribution in [0.4, 0.5) is 23.1 Å². The van der Waals surface area contributed by atoms with E-state index in [4.69, 9.17) is 21.9 Å². The van der Waals surface area contributed by atoms with Crippen molar-refractivity contribution in [3.05, 3.63) is 66.0 Å². The van der Waals surface area contributed by atoms with Gasteiger partial charge in [0.2, 0.25) is 5.95 Å². The molecule has 0 unspecified atom stereocenters. The zero-order valence-electron chi connectivity index (χ0n) is 21.1. The molecule has 3 heterocycles. The van der Waals surface area contributed by atoms with Crippen molar-refractivity contribution in [2.75, 3.05) is 23.3 Å². The number of nitrogens with zero attached hydrogens (tertiary/aromatic N) is 4. The number of nitrogens with one attached hydrogen (secondary N) is 3. The van der Waals surface area contributed by atoms with Gasteiger partial charge in [-0.2, -0.15) is 23.1 Å². The summed E-state index contributed by atoms with van der Waals surface area (Å²) >= 11 is 0. The number of anilines is 4. The number of nitrogen functional groups attached to an aromatic ring is 2. The fourth-order valence-corrected chi connectivity index (χ4v) is 5.10. The number of fused-ring (bicyclic) bond motifs is 1. The summed E-state index contributed by atoms with van der Waals surface area (Å²) in [5, 5.41) is 13.8. The largest absolute Gasteiger partial charge is 0.398 e. The molecule has 10 N–H and O–H groups in total. The number of carbonyl (C=O) groups excluding carboxylic acids is 1. The summed E-state index contributed by atoms with van der Waals surface area (Å²) in [5.74, 6) is -0.548. The third kappa shape index (κ3) is 5.80. The number of rotatable bonds is 9. The third-order valence-electron chi connectivity index (χ3n) is 6.27. The number of hydrogen-bond acceptors (Lipinski definition) is 12. The molecule has 0 bridgehead atoms. The van der Waals surface area contributed by atoms with Crippen LogP contribution in [0.15, 0.2) is 54.9 Å². The summed E-state index contributed by atoms with van der Waals surface area (Å²) in [6, 6.07) is 13.5. The van der Waals surface area contributed by atoms with Crippen LogP contribution in [0.25, 0.3) is 11.2 Å². The minimum absolute atomic E-state index is 0.0233. The van der Waals surface area contributed by atoms with Crippen molar-refractivity contribution in [3.63, 3.8) is 0 Å². The first-order valence-electron chi connectivity index (χ1n) is 12.2. The first-order chi connectivity index (χ1) is 19.1. The molecule has 3 atom stereocenters. The highest BCUT2D eigenvalue weighted by molar-refractivity contribution is 7.88. The van der Waals surface area contributed by atoms with Crippen molar-refractivity contribution in [3.8, 4) is 0 Å². The zero-order chi connectivity index (χ0) is 28.4. The molecule has 0 saturated carbocycles. The lowest BCUT2D eigenvalue weighted by molar-refractivity contribution is -0.0330. The summed E-state index contributed by atoms with van der Waals surface area (Å²) in [6.45, 7) is 0.203. The lowest BCUT2D eigenvalue weighted by atomic mass is 10.2. The number of aliphatic hydroxyl groups excluding tert-OH is 1. The Labute approximate surface area is 228 Å². The van der Waals surface area contributed by atoms with Crippen LogP contribution < -0.4 is 32.0 Å². The smallest absolute Gasteiger partial charge is 0.301 e. The summed E-state index contributed by atoms with van der Waals surface area (Å²) < 4.78 is 36.5. The van der Waals surface area contributed by atoms with Crippen molar-refractivity contribution in [2.45, 2.75) is 31.4 Å². The van der Waals surface area contributed by atoms with Crippen LogP contribution in [0.2, 0.25) is 0 Å². The summed E-state index contributed by atoms with van der Waals surface area (Å²) in [4.78, 5) is 25.4. The van der Waals surface area contributed by atoms with E-state index in [1.807, 2.05) is 29.0 Å². The molecule has 15 nitrogen and oxygen atoms in total. The molecule has 4 aromatic rings. The van der Waals surface area contributed by atoms with E-state index in [0.717, 1.165) is 5.56 Å². The van der Waals surface area contributed by atoms with Gasteiger partial charge in [0.25, 0.3) is 5.91 Å². The molecule has 1 saturated heterocycles. The number of benzene rings is 2. The summed E-state index contributed by atoms with van der Waals surface area (Å²) in [6.07, 6.45) is -1.14. The minimum atomic E-state index is -4.24. The van der Waals surface area contributed by atoms with E-state index in [1.165, 1.54) is 23.0 Å². The number of aliphatic hydroxyl groups is 1. The Morgan fingerprint density at radius 1 is 1.12 bits per heavy atom. The van der Waals surface area contributed by atoms with Gasteiger partial charge in [-0.3, -0.25) is 9.36 Å². The number of hydrogen-bond donors (Lipinski definition) is 7. The highest BCUT2D eigenvalue weighted by Crippen LogP contribution is 2.32. The number of ether oxygens (including phenoxy) is 1. The van der Waals surface area contributed by atoms with Crippen molar-refractivity contribution in [2.24, 2.45) is 5.73 Å². The van der Waals surface area contributed by atoms with Gasteiger partial charge in [0, 0.05) is 30.9 Å². The molecule has 5 rings (SSSR count). The second kappa shape index (κ2) is 11.0. The predicted molar refractivity (Wildman–Crippen MR) is 147 cm³/mol. The standard InChI is InChI=1S/C24H28N10O5S/c25-10-13-5-7-14(8-6-13)30-24-31-20(27)19-21(32-24)34(12-28-19)23-18(35)9-15(39-23)11-29-40(37,38)33-22(36)16-3-1-2-4-17(16)26/h1-8,12,15,18,23,29,35H,9-11,25-26H2,(H,33,36)(H3,27,30,31,32)/t15-,18+,23+/m0/s1. The number of imidazole rings is 1. The SMILES string of the molecule is NCc1ccc(Nc2nc(N)c3ncn([C@@H]4O[C@H](CNS(=O)(=O)NC(=O)c5ccccc5N)C[C@H]4O)c3n2)cc1. The van der Waals surface area contributed by atoms with Crippen molar-refractivity contribution in [1.29, 1.82) is 0 Å². The lowest BCUT2D eigenvalue weighted by Gasteiger charge is -2.17. The molecule has 1 amide bonds.